The Morgan fingerprint density at radius 2 is 1.96 bits per heavy atom. The van der Waals surface area contributed by atoms with Gasteiger partial charge < -0.3 is 15.4 Å². The van der Waals surface area contributed by atoms with Gasteiger partial charge in [0, 0.05) is 33.3 Å². The van der Waals surface area contributed by atoms with E-state index in [1.165, 1.54) is 32.1 Å². The topological polar surface area (TPSA) is 91.8 Å². The third kappa shape index (κ3) is 7.04. The van der Waals surface area contributed by atoms with Gasteiger partial charge in [-0.1, -0.05) is 19.8 Å². The van der Waals surface area contributed by atoms with E-state index in [0.717, 1.165) is 32.4 Å². The van der Waals surface area contributed by atoms with Crippen LogP contribution in [0, 0.1) is 5.41 Å². The second-order valence-electron chi connectivity index (χ2n) is 7.57. The zero-order chi connectivity index (χ0) is 18.9. The monoisotopic (exact) mass is 388 g/mol. The first-order valence-electron chi connectivity index (χ1n) is 10.0. The molecule has 1 aliphatic carbocycles. The lowest BCUT2D eigenvalue weighted by molar-refractivity contribution is 0.0200. The van der Waals surface area contributed by atoms with Crippen LogP contribution >= 0.6 is 0 Å². The van der Waals surface area contributed by atoms with Crippen LogP contribution in [0.1, 0.15) is 58.3 Å². The third-order valence-electron chi connectivity index (χ3n) is 5.74. The van der Waals surface area contributed by atoms with E-state index in [9.17, 15) is 8.42 Å². The first kappa shape index (κ1) is 21.4. The van der Waals surface area contributed by atoms with Gasteiger partial charge in [-0.25, -0.2) is 13.1 Å². The predicted octanol–water partition coefficient (Wildman–Crippen LogP) is 1.61. The van der Waals surface area contributed by atoms with Crippen molar-refractivity contribution in [1.82, 2.24) is 15.4 Å². The fourth-order valence-electron chi connectivity index (χ4n) is 3.84. The van der Waals surface area contributed by atoms with Crippen molar-refractivity contribution in [2.24, 2.45) is 10.4 Å². The van der Waals surface area contributed by atoms with Crippen molar-refractivity contribution in [2.75, 3.05) is 39.0 Å². The number of nitrogens with one attached hydrogen (secondary N) is 3. The highest BCUT2D eigenvalue weighted by atomic mass is 32.2. The Balaban J connectivity index is 1.67. The Morgan fingerprint density at radius 3 is 2.58 bits per heavy atom. The number of aliphatic imine (C=N–C) groups is 1. The van der Waals surface area contributed by atoms with Crippen molar-refractivity contribution >= 4 is 16.0 Å². The number of ether oxygens (including phenoxy) is 1. The third-order valence-corrected chi connectivity index (χ3v) is 7.08. The van der Waals surface area contributed by atoms with E-state index in [1.807, 2.05) is 0 Å². The summed E-state index contributed by atoms with van der Waals surface area (Å²) < 4.78 is 32.5. The lowest BCUT2D eigenvalue weighted by atomic mass is 9.83. The Bertz CT molecular complexity index is 539. The Kier molecular flexibility index (Phi) is 8.63. The van der Waals surface area contributed by atoms with Crippen molar-refractivity contribution < 1.29 is 13.2 Å². The van der Waals surface area contributed by atoms with E-state index < -0.39 is 10.0 Å². The zero-order valence-electron chi connectivity index (χ0n) is 16.3. The number of hydrogen-bond acceptors (Lipinski definition) is 4. The van der Waals surface area contributed by atoms with Gasteiger partial charge >= 0.3 is 0 Å². The normalized spacial score (nSPS) is 23.8. The van der Waals surface area contributed by atoms with Crippen LogP contribution in [0.5, 0.6) is 0 Å². The van der Waals surface area contributed by atoms with Gasteiger partial charge in [-0.15, -0.1) is 0 Å². The van der Waals surface area contributed by atoms with Gasteiger partial charge in [-0.3, -0.25) is 4.99 Å². The maximum Gasteiger partial charge on any atom is 0.213 e. The molecule has 2 aliphatic rings. The quantitative estimate of drug-likeness (QED) is 0.412. The first-order chi connectivity index (χ1) is 12.5. The molecule has 2 fully saturated rings. The highest BCUT2D eigenvalue weighted by Gasteiger charge is 2.31. The second-order valence-corrected chi connectivity index (χ2v) is 9.50. The van der Waals surface area contributed by atoms with Crippen LogP contribution in [0.25, 0.3) is 0 Å². The maximum absolute atomic E-state index is 12.1. The van der Waals surface area contributed by atoms with E-state index in [2.05, 4.69) is 27.3 Å². The summed E-state index contributed by atoms with van der Waals surface area (Å²) in [5.41, 5.74) is 0.366. The Labute approximate surface area is 158 Å². The van der Waals surface area contributed by atoms with E-state index in [0.29, 0.717) is 24.5 Å². The molecular weight excluding hydrogens is 352 g/mol. The summed E-state index contributed by atoms with van der Waals surface area (Å²) in [6.07, 6.45) is 9.40. The molecule has 26 heavy (non-hydrogen) atoms. The fraction of sp³-hybridized carbons (Fsp3) is 0.944. The summed E-state index contributed by atoms with van der Waals surface area (Å²) in [4.78, 5) is 4.21. The number of guanidine groups is 1. The molecule has 0 aromatic heterocycles. The van der Waals surface area contributed by atoms with Gasteiger partial charge in [0.15, 0.2) is 5.96 Å². The summed E-state index contributed by atoms with van der Waals surface area (Å²) >= 11 is 0. The van der Waals surface area contributed by atoms with Gasteiger partial charge in [0.1, 0.15) is 0 Å². The molecule has 1 atom stereocenters. The van der Waals surface area contributed by atoms with Crippen molar-refractivity contribution in [3.63, 3.8) is 0 Å². The summed E-state index contributed by atoms with van der Waals surface area (Å²) in [6, 6.07) is 0. The standard InChI is InChI=1S/C18H36N4O3S/c1-3-18(9-5-6-10-18)15-21-17(19-2)20-11-13-26(23,24)22-14-16-8-4-7-12-25-16/h16,22H,3-15H2,1-2H3,(H2,19,20,21). The molecule has 0 radical (unpaired) electrons. The molecule has 0 bridgehead atoms. The van der Waals surface area contributed by atoms with Crippen molar-refractivity contribution in [1.29, 1.82) is 0 Å². The maximum atomic E-state index is 12.1. The van der Waals surface area contributed by atoms with Gasteiger partial charge in [-0.2, -0.15) is 0 Å². The van der Waals surface area contributed by atoms with Crippen molar-refractivity contribution in [3.8, 4) is 0 Å². The van der Waals surface area contributed by atoms with Gasteiger partial charge in [0.2, 0.25) is 10.0 Å². The zero-order valence-corrected chi connectivity index (χ0v) is 17.2. The van der Waals surface area contributed by atoms with E-state index in [4.69, 9.17) is 4.74 Å². The average molecular weight is 389 g/mol. The van der Waals surface area contributed by atoms with Crippen LogP contribution in [0.2, 0.25) is 0 Å². The van der Waals surface area contributed by atoms with Crippen LogP contribution < -0.4 is 15.4 Å². The molecule has 1 heterocycles. The Morgan fingerprint density at radius 1 is 1.19 bits per heavy atom. The van der Waals surface area contributed by atoms with Gasteiger partial charge in [0.05, 0.1) is 11.9 Å². The van der Waals surface area contributed by atoms with E-state index >= 15 is 0 Å². The molecule has 0 aromatic carbocycles. The molecule has 1 saturated heterocycles. The molecule has 1 unspecified atom stereocenters. The minimum atomic E-state index is -3.31. The molecule has 1 aliphatic heterocycles. The molecular formula is C18H36N4O3S. The predicted molar refractivity (Wildman–Crippen MR) is 106 cm³/mol. The van der Waals surface area contributed by atoms with Gasteiger partial charge in [-0.05, 0) is 43.9 Å². The molecule has 0 aromatic rings. The number of sulfonamides is 1. The molecule has 2 rings (SSSR count). The Hall–Kier alpha value is -0.860. The molecule has 7 nitrogen and oxygen atoms in total. The summed E-state index contributed by atoms with van der Waals surface area (Å²) in [7, 11) is -1.59. The second kappa shape index (κ2) is 10.5. The molecule has 1 saturated carbocycles. The van der Waals surface area contributed by atoms with Crippen LogP contribution in [0.3, 0.4) is 0 Å². The molecule has 8 heteroatoms. The average Bonchev–Trinajstić information content (AvgIpc) is 3.13. The number of hydrogen-bond donors (Lipinski definition) is 3. The minimum Gasteiger partial charge on any atom is -0.377 e. The van der Waals surface area contributed by atoms with Crippen molar-refractivity contribution in [3.05, 3.63) is 0 Å². The van der Waals surface area contributed by atoms with E-state index in [-0.39, 0.29) is 11.9 Å². The highest BCUT2D eigenvalue weighted by molar-refractivity contribution is 7.89. The first-order valence-corrected chi connectivity index (χ1v) is 11.7. The molecule has 0 spiro atoms. The number of nitrogens with zero attached hydrogens (tertiary/aromatic N) is 1. The highest BCUT2D eigenvalue weighted by Crippen LogP contribution is 2.40. The van der Waals surface area contributed by atoms with Crippen molar-refractivity contribution in [2.45, 2.75) is 64.4 Å². The van der Waals surface area contributed by atoms with Crippen LogP contribution in [-0.4, -0.2) is 59.5 Å². The largest absolute Gasteiger partial charge is 0.377 e. The smallest absolute Gasteiger partial charge is 0.213 e. The fourth-order valence-corrected chi connectivity index (χ4v) is 4.79. The summed E-state index contributed by atoms with van der Waals surface area (Å²) in [5.74, 6) is 0.704. The summed E-state index contributed by atoms with van der Waals surface area (Å²) in [5, 5.41) is 6.49. The van der Waals surface area contributed by atoms with Crippen LogP contribution in [0.15, 0.2) is 4.99 Å². The molecule has 0 amide bonds. The van der Waals surface area contributed by atoms with E-state index in [1.54, 1.807) is 7.05 Å². The van der Waals surface area contributed by atoms with Crippen LogP contribution in [-0.2, 0) is 14.8 Å². The van der Waals surface area contributed by atoms with Crippen LogP contribution in [0.4, 0.5) is 0 Å². The number of rotatable bonds is 9. The summed E-state index contributed by atoms with van der Waals surface area (Å²) in [6.45, 7) is 4.58. The SMILES string of the molecule is CCC1(CNC(=NC)NCCS(=O)(=O)NCC2CCCCO2)CCCC1. The minimum absolute atomic E-state index is 0.0116. The lowest BCUT2D eigenvalue weighted by Gasteiger charge is -2.28. The van der Waals surface area contributed by atoms with Gasteiger partial charge in [0.25, 0.3) is 0 Å². The lowest BCUT2D eigenvalue weighted by Crippen LogP contribution is -2.45. The molecule has 3 N–H and O–H groups in total. The molecule has 152 valence electrons.